The van der Waals surface area contributed by atoms with Gasteiger partial charge in [-0.3, -0.25) is 4.98 Å². The molecule has 0 saturated carbocycles. The fourth-order valence-corrected chi connectivity index (χ4v) is 3.19. The van der Waals surface area contributed by atoms with Crippen molar-refractivity contribution < 1.29 is 0 Å². The van der Waals surface area contributed by atoms with E-state index in [0.717, 1.165) is 41.4 Å². The first kappa shape index (κ1) is 15.3. The Kier molecular flexibility index (Phi) is 4.67. The van der Waals surface area contributed by atoms with E-state index in [1.165, 1.54) is 5.56 Å². The van der Waals surface area contributed by atoms with E-state index >= 15 is 0 Å². The molecule has 0 atom stereocenters. The van der Waals surface area contributed by atoms with Gasteiger partial charge in [0.2, 0.25) is 0 Å². The Hall–Kier alpha value is -1.55. The maximum absolute atomic E-state index is 6.33. The lowest BCUT2D eigenvalue weighted by molar-refractivity contribution is 0.748. The van der Waals surface area contributed by atoms with Gasteiger partial charge < -0.3 is 10.7 Å². The van der Waals surface area contributed by atoms with E-state index in [1.54, 1.807) is 12.4 Å². The monoisotopic (exact) mass is 333 g/mol. The number of nitrogens with one attached hydrogen (secondary N) is 1. The van der Waals surface area contributed by atoms with Gasteiger partial charge in [0.1, 0.15) is 0 Å². The molecule has 2 heterocycles. The molecule has 0 aliphatic rings. The molecule has 0 amide bonds. The summed E-state index contributed by atoms with van der Waals surface area (Å²) in [5, 5.41) is 2.49. The molecule has 0 fully saturated rings. The van der Waals surface area contributed by atoms with Crippen LogP contribution in [-0.2, 0) is 6.42 Å². The molecule has 0 saturated heterocycles. The number of aryl methyl sites for hydroxylation is 1. The lowest BCUT2D eigenvalue weighted by Crippen LogP contribution is -1.99. The molecule has 114 valence electrons. The molecular formula is C17H17Cl2N3. The van der Waals surface area contributed by atoms with Crippen molar-refractivity contribution in [2.75, 3.05) is 6.54 Å². The topological polar surface area (TPSA) is 54.7 Å². The Morgan fingerprint density at radius 1 is 1.09 bits per heavy atom. The highest BCUT2D eigenvalue weighted by atomic mass is 35.5. The molecule has 0 bridgehead atoms. The molecular weight excluding hydrogens is 317 g/mol. The summed E-state index contributed by atoms with van der Waals surface area (Å²) in [6.07, 6.45) is 6.37. The summed E-state index contributed by atoms with van der Waals surface area (Å²) in [7, 11) is 0. The first-order chi connectivity index (χ1) is 10.7. The molecule has 3 rings (SSSR count). The van der Waals surface area contributed by atoms with Crippen LogP contribution in [0, 0.1) is 0 Å². The zero-order valence-corrected chi connectivity index (χ0v) is 13.6. The van der Waals surface area contributed by atoms with Gasteiger partial charge in [-0.15, -0.1) is 0 Å². The van der Waals surface area contributed by atoms with Crippen molar-refractivity contribution in [3.05, 3.63) is 52.3 Å². The zero-order valence-electron chi connectivity index (χ0n) is 12.1. The van der Waals surface area contributed by atoms with Crippen molar-refractivity contribution in [3.8, 4) is 11.3 Å². The molecule has 0 aliphatic heterocycles. The lowest BCUT2D eigenvalue weighted by atomic mass is 10.0. The molecule has 3 aromatic rings. The highest BCUT2D eigenvalue weighted by molar-refractivity contribution is 6.35. The number of pyridine rings is 1. The summed E-state index contributed by atoms with van der Waals surface area (Å²) < 4.78 is 0. The number of aromatic nitrogens is 2. The van der Waals surface area contributed by atoms with Crippen molar-refractivity contribution in [1.29, 1.82) is 0 Å². The summed E-state index contributed by atoms with van der Waals surface area (Å²) in [5.41, 5.74) is 9.78. The lowest BCUT2D eigenvalue weighted by Gasteiger charge is -2.06. The Morgan fingerprint density at radius 3 is 2.73 bits per heavy atom. The van der Waals surface area contributed by atoms with Crippen LogP contribution in [-0.4, -0.2) is 16.5 Å². The fraction of sp³-hybridized carbons (Fsp3) is 0.235. The van der Waals surface area contributed by atoms with Gasteiger partial charge in [-0.2, -0.15) is 0 Å². The van der Waals surface area contributed by atoms with Crippen LogP contribution in [0.5, 0.6) is 0 Å². The van der Waals surface area contributed by atoms with Gasteiger partial charge in [0.05, 0.1) is 21.3 Å². The second-order valence-corrected chi connectivity index (χ2v) is 6.06. The van der Waals surface area contributed by atoms with Gasteiger partial charge in [0.15, 0.2) is 0 Å². The number of nitrogens with two attached hydrogens (primary N) is 1. The van der Waals surface area contributed by atoms with E-state index in [-0.39, 0.29) is 0 Å². The van der Waals surface area contributed by atoms with Gasteiger partial charge in [-0.25, -0.2) is 0 Å². The van der Waals surface area contributed by atoms with Crippen LogP contribution in [0.4, 0.5) is 0 Å². The third-order valence-electron chi connectivity index (χ3n) is 3.81. The molecule has 0 aliphatic carbocycles. The van der Waals surface area contributed by atoms with E-state index in [1.807, 2.05) is 18.2 Å². The summed E-state index contributed by atoms with van der Waals surface area (Å²) in [6, 6.07) is 7.88. The maximum Gasteiger partial charge on any atom is 0.0682 e. The number of H-pyrrole nitrogens is 1. The second kappa shape index (κ2) is 6.69. The van der Waals surface area contributed by atoms with Crippen molar-refractivity contribution in [1.82, 2.24) is 9.97 Å². The first-order valence-corrected chi connectivity index (χ1v) is 8.07. The van der Waals surface area contributed by atoms with Crippen LogP contribution in [0.2, 0.25) is 10.0 Å². The summed E-state index contributed by atoms with van der Waals surface area (Å²) >= 11 is 12.7. The number of hydrogen-bond acceptors (Lipinski definition) is 2. The molecule has 1 aromatic carbocycles. The van der Waals surface area contributed by atoms with Gasteiger partial charge >= 0.3 is 0 Å². The summed E-state index contributed by atoms with van der Waals surface area (Å²) in [6.45, 7) is 0.703. The Morgan fingerprint density at radius 2 is 1.95 bits per heavy atom. The second-order valence-electron chi connectivity index (χ2n) is 5.24. The Bertz CT molecular complexity index is 796. The average Bonchev–Trinajstić information content (AvgIpc) is 2.88. The van der Waals surface area contributed by atoms with Crippen molar-refractivity contribution in [3.63, 3.8) is 0 Å². The molecule has 0 unspecified atom stereocenters. The van der Waals surface area contributed by atoms with Crippen LogP contribution in [0.1, 0.15) is 18.4 Å². The van der Waals surface area contributed by atoms with Gasteiger partial charge in [0, 0.05) is 23.3 Å². The van der Waals surface area contributed by atoms with E-state index in [9.17, 15) is 0 Å². The van der Waals surface area contributed by atoms with Crippen LogP contribution >= 0.6 is 23.2 Å². The largest absolute Gasteiger partial charge is 0.353 e. The van der Waals surface area contributed by atoms with Crippen LogP contribution in [0.25, 0.3) is 22.2 Å². The molecule has 0 spiro atoms. The minimum atomic E-state index is 0.630. The molecule has 3 N–H and O–H groups in total. The number of aromatic amines is 1. The standard InChI is InChI=1S/C17H17Cl2N3/c18-14-6-3-5-12-11(4-1-2-8-20)16(22-17(12)14)13-7-9-21-10-15(13)19/h3,5-7,9-10,22H,1-2,4,8,20H2. The molecule has 3 nitrogen and oxygen atoms in total. The van der Waals surface area contributed by atoms with Crippen LogP contribution in [0.3, 0.4) is 0 Å². The summed E-state index contributed by atoms with van der Waals surface area (Å²) in [4.78, 5) is 7.50. The molecule has 5 heteroatoms. The molecule has 0 radical (unpaired) electrons. The van der Waals surface area contributed by atoms with E-state index in [2.05, 4.69) is 16.0 Å². The predicted molar refractivity (Wildman–Crippen MR) is 93.5 cm³/mol. The van der Waals surface area contributed by atoms with Crippen molar-refractivity contribution in [2.24, 2.45) is 5.73 Å². The fourth-order valence-electron chi connectivity index (χ4n) is 2.75. The smallest absolute Gasteiger partial charge is 0.0682 e. The highest BCUT2D eigenvalue weighted by Crippen LogP contribution is 2.37. The molecule has 2 aromatic heterocycles. The number of fused-ring (bicyclic) bond motifs is 1. The number of nitrogens with zero attached hydrogens (tertiary/aromatic N) is 1. The zero-order chi connectivity index (χ0) is 15.5. The van der Waals surface area contributed by atoms with E-state index < -0.39 is 0 Å². The predicted octanol–water partition coefficient (Wildman–Crippen LogP) is 4.82. The van der Waals surface area contributed by atoms with Gasteiger partial charge in [0.25, 0.3) is 0 Å². The highest BCUT2D eigenvalue weighted by Gasteiger charge is 2.16. The Balaban J connectivity index is 2.17. The third kappa shape index (κ3) is 2.84. The van der Waals surface area contributed by atoms with Crippen LogP contribution < -0.4 is 5.73 Å². The first-order valence-electron chi connectivity index (χ1n) is 7.31. The minimum Gasteiger partial charge on any atom is -0.353 e. The number of hydrogen-bond donors (Lipinski definition) is 2. The van der Waals surface area contributed by atoms with E-state index in [4.69, 9.17) is 28.9 Å². The van der Waals surface area contributed by atoms with E-state index in [0.29, 0.717) is 16.6 Å². The van der Waals surface area contributed by atoms with Crippen molar-refractivity contribution in [2.45, 2.75) is 19.3 Å². The normalized spacial score (nSPS) is 11.2. The number of para-hydroxylation sites is 1. The maximum atomic E-state index is 6.33. The number of benzene rings is 1. The van der Waals surface area contributed by atoms with Gasteiger partial charge in [-0.1, -0.05) is 35.3 Å². The van der Waals surface area contributed by atoms with Crippen LogP contribution in [0.15, 0.2) is 36.7 Å². The average molecular weight is 334 g/mol. The summed E-state index contributed by atoms with van der Waals surface area (Å²) in [5.74, 6) is 0. The number of rotatable bonds is 5. The Labute approximate surface area is 139 Å². The van der Waals surface area contributed by atoms with Crippen molar-refractivity contribution >= 4 is 34.1 Å². The number of unbranched alkanes of at least 4 members (excludes halogenated alkanes) is 1. The SMILES string of the molecule is NCCCCc1c(-c2ccncc2Cl)[nH]c2c(Cl)cccc12. The molecule has 22 heavy (non-hydrogen) atoms. The third-order valence-corrected chi connectivity index (χ3v) is 4.43. The number of halogens is 2. The minimum absolute atomic E-state index is 0.630. The quantitative estimate of drug-likeness (QED) is 0.657. The van der Waals surface area contributed by atoms with Gasteiger partial charge in [-0.05, 0) is 43.5 Å².